The van der Waals surface area contributed by atoms with Crippen LogP contribution in [0.5, 0.6) is 0 Å². The quantitative estimate of drug-likeness (QED) is 0.601. The Hall–Kier alpha value is -3.71. The van der Waals surface area contributed by atoms with E-state index in [0.717, 1.165) is 5.01 Å². The van der Waals surface area contributed by atoms with Crippen LogP contribution in [0.4, 0.5) is 26.3 Å². The Balaban J connectivity index is 1.94. The summed E-state index contributed by atoms with van der Waals surface area (Å²) in [5, 5.41) is 7.43. The summed E-state index contributed by atoms with van der Waals surface area (Å²) in [6.45, 7) is 4.91. The molecule has 3 rings (SSSR count). The van der Waals surface area contributed by atoms with Crippen LogP contribution >= 0.6 is 0 Å². The number of aromatic nitrogens is 2. The third-order valence-electron chi connectivity index (χ3n) is 5.18. The van der Waals surface area contributed by atoms with Crippen LogP contribution in [0, 0.1) is 5.92 Å². The van der Waals surface area contributed by atoms with Crippen LogP contribution in [0.3, 0.4) is 0 Å². The van der Waals surface area contributed by atoms with E-state index in [1.807, 2.05) is 0 Å². The second kappa shape index (κ2) is 9.74. The molecule has 14 heteroatoms. The van der Waals surface area contributed by atoms with Crippen molar-refractivity contribution in [3.05, 3.63) is 58.7 Å². The molecule has 0 bridgehead atoms. The molecule has 2 amide bonds. The molecule has 8 nitrogen and oxygen atoms in total. The van der Waals surface area contributed by atoms with E-state index in [-0.39, 0.29) is 29.3 Å². The number of benzene rings is 1. The molecule has 0 saturated heterocycles. The van der Waals surface area contributed by atoms with Crippen molar-refractivity contribution in [2.45, 2.75) is 45.3 Å². The largest absolute Gasteiger partial charge is 0.461 e. The summed E-state index contributed by atoms with van der Waals surface area (Å²) in [5.41, 5.74) is -3.97. The van der Waals surface area contributed by atoms with E-state index in [0.29, 0.717) is 12.1 Å². The van der Waals surface area contributed by atoms with Gasteiger partial charge in [-0.15, -0.1) is 5.10 Å². The number of alkyl halides is 6. The zero-order valence-electron chi connectivity index (χ0n) is 19.4. The number of carbonyl (C=O) groups excluding carboxylic acids is 2. The number of likely N-dealkylation sites (N-methyl/N-ethyl adjacent to an activating group) is 1. The fourth-order valence-corrected chi connectivity index (χ4v) is 3.35. The number of ether oxygens (including phenoxy) is 1. The zero-order valence-corrected chi connectivity index (χ0v) is 19.4. The highest BCUT2D eigenvalue weighted by atomic mass is 19.4. The van der Waals surface area contributed by atoms with Crippen LogP contribution in [-0.4, -0.2) is 45.8 Å². The topological polar surface area (TPSA) is 96.8 Å². The normalized spacial score (nSPS) is 17.5. The lowest BCUT2D eigenvalue weighted by molar-refractivity contribution is -0.143. The van der Waals surface area contributed by atoms with E-state index in [2.05, 4.69) is 20.4 Å². The van der Waals surface area contributed by atoms with E-state index in [1.165, 1.54) is 26.4 Å². The molecule has 1 aliphatic heterocycles. The molecular formula is C22H21F6N5O3. The summed E-state index contributed by atoms with van der Waals surface area (Å²) in [6, 6.07) is -0.451. The number of hydrogen-bond donors (Lipinski definition) is 1. The van der Waals surface area contributed by atoms with Gasteiger partial charge in [0.25, 0.3) is 17.7 Å². The number of rotatable bonds is 5. The van der Waals surface area contributed by atoms with Gasteiger partial charge in [-0.3, -0.25) is 14.6 Å². The van der Waals surface area contributed by atoms with Gasteiger partial charge in [0.1, 0.15) is 0 Å². The van der Waals surface area contributed by atoms with Gasteiger partial charge in [-0.1, -0.05) is 13.8 Å². The highest BCUT2D eigenvalue weighted by Gasteiger charge is 2.38. The van der Waals surface area contributed by atoms with Crippen molar-refractivity contribution >= 4 is 17.7 Å². The molecule has 2 atom stereocenters. The van der Waals surface area contributed by atoms with Crippen LogP contribution in [0.15, 0.2) is 35.7 Å². The number of nitrogens with one attached hydrogen (secondary N) is 1. The fourth-order valence-electron chi connectivity index (χ4n) is 3.35. The van der Waals surface area contributed by atoms with E-state index < -0.39 is 53.0 Å². The van der Waals surface area contributed by atoms with Gasteiger partial charge in [0.15, 0.2) is 11.8 Å². The van der Waals surface area contributed by atoms with Crippen molar-refractivity contribution in [3.8, 4) is 0 Å². The van der Waals surface area contributed by atoms with Crippen molar-refractivity contribution in [3.63, 3.8) is 0 Å². The fraction of sp³-hybridized carbons (Fsp3) is 0.409. The van der Waals surface area contributed by atoms with Gasteiger partial charge in [-0.2, -0.15) is 26.3 Å². The predicted octanol–water partition coefficient (Wildman–Crippen LogP) is 4.18. The molecule has 0 radical (unpaired) electrons. The van der Waals surface area contributed by atoms with E-state index in [4.69, 9.17) is 4.74 Å². The molecule has 1 aromatic heterocycles. The van der Waals surface area contributed by atoms with Crippen LogP contribution in [0.2, 0.25) is 0 Å². The first-order valence-corrected chi connectivity index (χ1v) is 10.5. The summed E-state index contributed by atoms with van der Waals surface area (Å²) in [6.07, 6.45) is -8.53. The Labute approximate surface area is 201 Å². The Bertz CT molecular complexity index is 1160. The van der Waals surface area contributed by atoms with Crippen molar-refractivity contribution in [2.75, 3.05) is 7.05 Å². The van der Waals surface area contributed by atoms with Gasteiger partial charge >= 0.3 is 12.4 Å². The molecule has 1 N–H and O–H groups in total. The molecule has 1 aromatic carbocycles. The average molecular weight is 517 g/mol. The summed E-state index contributed by atoms with van der Waals surface area (Å²) in [7, 11) is 1.41. The number of carbonyl (C=O) groups is 2. The van der Waals surface area contributed by atoms with Crippen LogP contribution < -0.4 is 5.32 Å². The average Bonchev–Trinajstić information content (AvgIpc) is 2.79. The first-order valence-electron chi connectivity index (χ1n) is 10.5. The molecule has 2 unspecified atom stereocenters. The zero-order chi connectivity index (χ0) is 27.0. The molecule has 0 saturated carbocycles. The lowest BCUT2D eigenvalue weighted by Gasteiger charge is -2.30. The summed E-state index contributed by atoms with van der Waals surface area (Å²) in [4.78, 5) is 33.3. The van der Waals surface area contributed by atoms with E-state index in [1.54, 1.807) is 13.8 Å². The first kappa shape index (κ1) is 26.9. The number of nitrogens with zero attached hydrogens (tertiary/aromatic N) is 4. The monoisotopic (exact) mass is 517 g/mol. The second-order valence-corrected chi connectivity index (χ2v) is 8.33. The molecule has 2 aromatic rings. The molecule has 0 fully saturated rings. The molecule has 36 heavy (non-hydrogen) atoms. The van der Waals surface area contributed by atoms with Gasteiger partial charge < -0.3 is 10.1 Å². The van der Waals surface area contributed by atoms with Gasteiger partial charge in [0.2, 0.25) is 0 Å². The van der Waals surface area contributed by atoms with Gasteiger partial charge in [-0.25, -0.2) is 9.99 Å². The predicted molar refractivity (Wildman–Crippen MR) is 113 cm³/mol. The third kappa shape index (κ3) is 5.74. The summed E-state index contributed by atoms with van der Waals surface area (Å²) >= 11 is 0. The molecule has 194 valence electrons. The molecule has 2 heterocycles. The van der Waals surface area contributed by atoms with Crippen LogP contribution in [0.25, 0.3) is 0 Å². The SMILES string of the molecule is CC(NC(=O)c1cc(C(F)(F)F)cc(C(F)(F)F)c1)c1nccnc1C1=NN(C)C(=O)C(C(C)C)O1. The van der Waals surface area contributed by atoms with Crippen LogP contribution in [-0.2, 0) is 21.9 Å². The number of hydrogen-bond acceptors (Lipinski definition) is 6. The van der Waals surface area contributed by atoms with Crippen molar-refractivity contribution in [1.29, 1.82) is 0 Å². The minimum Gasteiger partial charge on any atom is -0.461 e. The standard InChI is InChI=1S/C22H21F6N5O3/c1-10(2)17-20(35)33(4)32-19(36-17)16-15(29-5-6-30-16)11(3)31-18(34)12-7-13(21(23,24)25)9-14(8-12)22(26,27)28/h5-11,17H,1-4H3,(H,31,34). The lowest BCUT2D eigenvalue weighted by Crippen LogP contribution is -2.45. The first-order chi connectivity index (χ1) is 16.6. The third-order valence-corrected chi connectivity index (χ3v) is 5.18. The Morgan fingerprint density at radius 1 is 1.00 bits per heavy atom. The number of hydrazone groups is 1. The number of halogens is 6. The van der Waals surface area contributed by atoms with E-state index in [9.17, 15) is 35.9 Å². The second-order valence-electron chi connectivity index (χ2n) is 8.33. The Morgan fingerprint density at radius 2 is 1.56 bits per heavy atom. The van der Waals surface area contributed by atoms with Crippen molar-refractivity contribution < 1.29 is 40.7 Å². The van der Waals surface area contributed by atoms with Gasteiger partial charge in [0, 0.05) is 25.0 Å². The Kier molecular flexibility index (Phi) is 7.27. The van der Waals surface area contributed by atoms with Gasteiger partial charge in [0.05, 0.1) is 22.9 Å². The Morgan fingerprint density at radius 3 is 2.08 bits per heavy atom. The maximum Gasteiger partial charge on any atom is 0.416 e. The maximum absolute atomic E-state index is 13.2. The minimum absolute atomic E-state index is 0.0373. The van der Waals surface area contributed by atoms with Crippen LogP contribution in [0.1, 0.15) is 59.7 Å². The van der Waals surface area contributed by atoms with E-state index >= 15 is 0 Å². The van der Waals surface area contributed by atoms with Crippen molar-refractivity contribution in [2.24, 2.45) is 11.0 Å². The molecule has 0 aliphatic carbocycles. The molecule has 1 aliphatic rings. The lowest BCUT2D eigenvalue weighted by atomic mass is 10.0. The highest BCUT2D eigenvalue weighted by Crippen LogP contribution is 2.36. The van der Waals surface area contributed by atoms with Gasteiger partial charge in [-0.05, 0) is 31.0 Å². The minimum atomic E-state index is -5.10. The number of amides is 2. The molecular weight excluding hydrogens is 496 g/mol. The highest BCUT2D eigenvalue weighted by molar-refractivity contribution is 5.99. The smallest absolute Gasteiger partial charge is 0.416 e. The molecule has 0 spiro atoms. The summed E-state index contributed by atoms with van der Waals surface area (Å²) in [5.74, 6) is -1.91. The maximum atomic E-state index is 13.2. The van der Waals surface area contributed by atoms with Crippen molar-refractivity contribution in [1.82, 2.24) is 20.3 Å². The summed E-state index contributed by atoms with van der Waals surface area (Å²) < 4.78 is 84.7.